The van der Waals surface area contributed by atoms with E-state index in [1.165, 1.54) is 11.3 Å². The third kappa shape index (κ3) is 4.47. The number of hydrogen-bond donors (Lipinski definition) is 1. The van der Waals surface area contributed by atoms with Gasteiger partial charge in [-0.15, -0.1) is 10.2 Å². The van der Waals surface area contributed by atoms with Crippen molar-refractivity contribution in [3.63, 3.8) is 0 Å². The summed E-state index contributed by atoms with van der Waals surface area (Å²) in [5, 5.41) is 8.57. The number of anilines is 1. The van der Waals surface area contributed by atoms with E-state index in [0.29, 0.717) is 18.1 Å². The minimum Gasteiger partial charge on any atom is -0.338 e. The Morgan fingerprint density at radius 1 is 1.33 bits per heavy atom. The van der Waals surface area contributed by atoms with Crippen LogP contribution in [-0.4, -0.2) is 36.0 Å². The van der Waals surface area contributed by atoms with Crippen LogP contribution in [0.15, 0.2) is 23.1 Å². The van der Waals surface area contributed by atoms with Crippen molar-refractivity contribution >= 4 is 32.4 Å². The molecule has 1 aromatic heterocycles. The average Bonchev–Trinajstić information content (AvgIpc) is 3.04. The molecule has 7 nitrogen and oxygen atoms in total. The molecule has 0 saturated carbocycles. The molecule has 0 saturated heterocycles. The highest BCUT2D eigenvalue weighted by molar-refractivity contribution is 7.93. The highest BCUT2D eigenvalue weighted by Gasteiger charge is 2.26. The maximum atomic E-state index is 12.7. The van der Waals surface area contributed by atoms with E-state index in [9.17, 15) is 13.2 Å². The first-order valence-electron chi connectivity index (χ1n) is 9.03. The third-order valence-electron chi connectivity index (χ3n) is 4.70. The van der Waals surface area contributed by atoms with Gasteiger partial charge in [0.2, 0.25) is 11.0 Å². The number of sulfonamides is 1. The number of nitrogens with one attached hydrogen (secondary N) is 1. The van der Waals surface area contributed by atoms with E-state index < -0.39 is 10.0 Å². The van der Waals surface area contributed by atoms with Crippen LogP contribution in [-0.2, 0) is 27.8 Å². The van der Waals surface area contributed by atoms with Crippen LogP contribution >= 0.6 is 11.3 Å². The molecule has 9 heteroatoms. The predicted molar refractivity (Wildman–Crippen MR) is 105 cm³/mol. The molecule has 0 aliphatic carbocycles. The summed E-state index contributed by atoms with van der Waals surface area (Å²) in [6.07, 6.45) is 2.57. The zero-order valence-electron chi connectivity index (χ0n) is 15.7. The van der Waals surface area contributed by atoms with Gasteiger partial charge in [0.15, 0.2) is 0 Å². The minimum absolute atomic E-state index is 0.00854. The number of benzene rings is 1. The first kappa shape index (κ1) is 19.8. The van der Waals surface area contributed by atoms with Crippen molar-refractivity contribution in [1.82, 2.24) is 15.1 Å². The van der Waals surface area contributed by atoms with Crippen LogP contribution in [0.25, 0.3) is 0 Å². The second-order valence-electron chi connectivity index (χ2n) is 6.86. The van der Waals surface area contributed by atoms with Crippen LogP contribution < -0.4 is 4.72 Å². The van der Waals surface area contributed by atoms with Gasteiger partial charge in [-0.2, -0.15) is 0 Å². The van der Waals surface area contributed by atoms with Crippen LogP contribution in [0.5, 0.6) is 0 Å². The zero-order valence-corrected chi connectivity index (χ0v) is 17.4. The van der Waals surface area contributed by atoms with Gasteiger partial charge in [0.05, 0.1) is 4.90 Å². The minimum atomic E-state index is -3.74. The number of aryl methyl sites for hydroxylation is 1. The molecule has 146 valence electrons. The standard InChI is InChI=1S/C18H24N4O3S2/c1-4-5-12(2)17(23)22-9-8-14-6-7-16(10-15(14)11-22)27(24,25)21-18-20-19-13(3)26-18/h6-7,10,12H,4-5,8-9,11H2,1-3H3,(H,20,21)/t12-/m0/s1. The maximum absolute atomic E-state index is 12.7. The van der Waals surface area contributed by atoms with Crippen molar-refractivity contribution in [3.8, 4) is 0 Å². The summed E-state index contributed by atoms with van der Waals surface area (Å²) in [7, 11) is -3.74. The van der Waals surface area contributed by atoms with E-state index in [2.05, 4.69) is 21.8 Å². The molecule has 0 unspecified atom stereocenters. The monoisotopic (exact) mass is 408 g/mol. The number of aromatic nitrogens is 2. The second kappa shape index (κ2) is 7.93. The molecule has 27 heavy (non-hydrogen) atoms. The van der Waals surface area contributed by atoms with E-state index in [-0.39, 0.29) is 21.9 Å². The number of carbonyl (C=O) groups excluding carboxylic acids is 1. The Bertz CT molecular complexity index is 940. The van der Waals surface area contributed by atoms with Gasteiger partial charge in [-0.25, -0.2) is 8.42 Å². The Kier molecular flexibility index (Phi) is 5.81. The molecule has 1 N–H and O–H groups in total. The van der Waals surface area contributed by atoms with Gasteiger partial charge in [0.25, 0.3) is 10.0 Å². The van der Waals surface area contributed by atoms with Crippen molar-refractivity contribution in [2.24, 2.45) is 5.92 Å². The molecule has 0 fully saturated rings. The molecule has 0 bridgehead atoms. The summed E-state index contributed by atoms with van der Waals surface area (Å²) in [5.74, 6) is 0.129. The molecule has 3 rings (SSSR count). The van der Waals surface area contributed by atoms with Crippen molar-refractivity contribution < 1.29 is 13.2 Å². The lowest BCUT2D eigenvalue weighted by Gasteiger charge is -2.31. The van der Waals surface area contributed by atoms with Gasteiger partial charge in [-0.05, 0) is 43.0 Å². The van der Waals surface area contributed by atoms with E-state index in [1.54, 1.807) is 19.1 Å². The summed E-state index contributed by atoms with van der Waals surface area (Å²) in [6.45, 7) is 6.91. The van der Waals surface area contributed by atoms with Crippen LogP contribution in [0.4, 0.5) is 5.13 Å². The van der Waals surface area contributed by atoms with E-state index in [1.807, 2.05) is 17.9 Å². The summed E-state index contributed by atoms with van der Waals surface area (Å²) >= 11 is 1.18. The molecular weight excluding hydrogens is 384 g/mol. The quantitative estimate of drug-likeness (QED) is 0.793. The zero-order chi connectivity index (χ0) is 19.6. The Hall–Kier alpha value is -2.00. The number of amides is 1. The SMILES string of the molecule is CCC[C@H](C)C(=O)N1CCc2ccc(S(=O)(=O)Nc3nnc(C)s3)cc2C1. The molecule has 2 heterocycles. The second-order valence-corrected chi connectivity index (χ2v) is 9.73. The number of nitrogens with zero attached hydrogens (tertiary/aromatic N) is 3. The predicted octanol–water partition coefficient (Wildman–Crippen LogP) is 2.97. The van der Waals surface area contributed by atoms with Gasteiger partial charge < -0.3 is 4.90 Å². The molecule has 1 atom stereocenters. The van der Waals surface area contributed by atoms with Crippen LogP contribution in [0.2, 0.25) is 0 Å². The number of hydrogen-bond acceptors (Lipinski definition) is 6. The fraction of sp³-hybridized carbons (Fsp3) is 0.500. The van der Waals surface area contributed by atoms with Crippen molar-refractivity contribution in [2.45, 2.75) is 51.5 Å². The molecule has 0 radical (unpaired) electrons. The smallest absolute Gasteiger partial charge is 0.263 e. The molecule has 1 amide bonds. The Balaban J connectivity index is 1.80. The molecule has 1 aromatic carbocycles. The van der Waals surface area contributed by atoms with E-state index in [4.69, 9.17) is 0 Å². The van der Waals surface area contributed by atoms with Gasteiger partial charge in [0.1, 0.15) is 5.01 Å². The number of carbonyl (C=O) groups is 1. The van der Waals surface area contributed by atoms with Gasteiger partial charge in [-0.1, -0.05) is 37.7 Å². The lowest BCUT2D eigenvalue weighted by atomic mass is 9.97. The fourth-order valence-electron chi connectivity index (χ4n) is 3.27. The Morgan fingerprint density at radius 2 is 2.11 bits per heavy atom. The highest BCUT2D eigenvalue weighted by atomic mass is 32.2. The number of rotatable bonds is 6. The molecule has 1 aliphatic heterocycles. The maximum Gasteiger partial charge on any atom is 0.263 e. The Labute approximate surface area is 163 Å². The summed E-state index contributed by atoms with van der Waals surface area (Å²) in [4.78, 5) is 14.6. The van der Waals surface area contributed by atoms with Gasteiger partial charge in [-0.3, -0.25) is 9.52 Å². The molecular formula is C18H24N4O3S2. The molecule has 0 spiro atoms. The lowest BCUT2D eigenvalue weighted by Crippen LogP contribution is -2.39. The largest absolute Gasteiger partial charge is 0.338 e. The van der Waals surface area contributed by atoms with Gasteiger partial charge in [0, 0.05) is 19.0 Å². The van der Waals surface area contributed by atoms with Crippen molar-refractivity contribution in [1.29, 1.82) is 0 Å². The average molecular weight is 409 g/mol. The topological polar surface area (TPSA) is 92.3 Å². The number of fused-ring (bicyclic) bond motifs is 1. The van der Waals surface area contributed by atoms with E-state index >= 15 is 0 Å². The summed E-state index contributed by atoms with van der Waals surface area (Å²) in [5.41, 5.74) is 1.97. The van der Waals surface area contributed by atoms with Crippen LogP contribution in [0, 0.1) is 12.8 Å². The third-order valence-corrected chi connectivity index (χ3v) is 6.92. The molecule has 1 aliphatic rings. The summed E-state index contributed by atoms with van der Waals surface area (Å²) < 4.78 is 27.8. The lowest BCUT2D eigenvalue weighted by molar-refractivity contribution is -0.136. The van der Waals surface area contributed by atoms with Crippen molar-refractivity contribution in [3.05, 3.63) is 34.3 Å². The van der Waals surface area contributed by atoms with Crippen molar-refractivity contribution in [2.75, 3.05) is 11.3 Å². The Morgan fingerprint density at radius 3 is 2.78 bits per heavy atom. The first-order chi connectivity index (χ1) is 12.8. The fourth-order valence-corrected chi connectivity index (χ4v) is 5.14. The normalized spacial score (nSPS) is 15.3. The molecule has 2 aromatic rings. The first-order valence-corrected chi connectivity index (χ1v) is 11.3. The van der Waals surface area contributed by atoms with E-state index in [0.717, 1.165) is 30.4 Å². The highest BCUT2D eigenvalue weighted by Crippen LogP contribution is 2.26. The van der Waals surface area contributed by atoms with Crippen LogP contribution in [0.3, 0.4) is 0 Å². The van der Waals surface area contributed by atoms with Crippen LogP contribution in [0.1, 0.15) is 42.8 Å². The van der Waals surface area contributed by atoms with Gasteiger partial charge >= 0.3 is 0 Å². The summed E-state index contributed by atoms with van der Waals surface area (Å²) in [6, 6.07) is 5.11.